The molecule has 19 heavy (non-hydrogen) atoms. The van der Waals surface area contributed by atoms with Crippen LogP contribution < -0.4 is 0 Å². The van der Waals surface area contributed by atoms with Crippen molar-refractivity contribution in [1.29, 1.82) is 5.26 Å². The third kappa shape index (κ3) is 4.08. The van der Waals surface area contributed by atoms with E-state index < -0.39 is 0 Å². The molecule has 0 unspecified atom stereocenters. The van der Waals surface area contributed by atoms with Crippen LogP contribution in [0.4, 0.5) is 0 Å². The fraction of sp³-hybridized carbons (Fsp3) is 0.588. The van der Waals surface area contributed by atoms with Crippen LogP contribution in [0.15, 0.2) is 18.2 Å². The number of hydrogen-bond donors (Lipinski definition) is 0. The molecule has 2 rings (SSSR count). The summed E-state index contributed by atoms with van der Waals surface area (Å²) in [7, 11) is 0. The van der Waals surface area contributed by atoms with Crippen LogP contribution in [0.3, 0.4) is 0 Å². The van der Waals surface area contributed by atoms with E-state index in [1.54, 1.807) is 0 Å². The molecule has 0 bridgehead atoms. The Bertz CT molecular complexity index is 445. The van der Waals surface area contributed by atoms with Gasteiger partial charge < -0.3 is 0 Å². The lowest BCUT2D eigenvalue weighted by atomic mass is 10.1. The van der Waals surface area contributed by atoms with Crippen molar-refractivity contribution in [2.45, 2.75) is 58.5 Å². The van der Waals surface area contributed by atoms with Gasteiger partial charge in [-0.25, -0.2) is 0 Å². The molecule has 0 aromatic heterocycles. The first-order valence-corrected chi connectivity index (χ1v) is 7.57. The van der Waals surface area contributed by atoms with Crippen molar-refractivity contribution in [3.8, 4) is 6.07 Å². The molecule has 1 aliphatic rings. The normalized spacial score (nSPS) is 14.3. The van der Waals surface area contributed by atoms with Gasteiger partial charge in [0.1, 0.15) is 0 Å². The summed E-state index contributed by atoms with van der Waals surface area (Å²) in [5.41, 5.74) is 3.55. The lowest BCUT2D eigenvalue weighted by Gasteiger charge is -2.14. The Labute approximate surface area is 117 Å². The molecule has 2 nitrogen and oxygen atoms in total. The van der Waals surface area contributed by atoms with Gasteiger partial charge in [0.25, 0.3) is 0 Å². The van der Waals surface area contributed by atoms with Gasteiger partial charge in [-0.3, -0.25) is 4.90 Å². The topological polar surface area (TPSA) is 27.0 Å². The zero-order valence-electron chi connectivity index (χ0n) is 12.0. The van der Waals surface area contributed by atoms with Crippen LogP contribution in [0.1, 0.15) is 62.1 Å². The van der Waals surface area contributed by atoms with E-state index >= 15 is 0 Å². The van der Waals surface area contributed by atoms with Crippen LogP contribution in [0.5, 0.6) is 0 Å². The van der Waals surface area contributed by atoms with Crippen LogP contribution in [-0.4, -0.2) is 11.4 Å². The highest BCUT2D eigenvalue weighted by Gasteiger charge is 2.18. The highest BCUT2D eigenvalue weighted by atomic mass is 15.1. The lowest BCUT2D eigenvalue weighted by molar-refractivity contribution is 0.276. The Morgan fingerprint density at radius 2 is 1.79 bits per heavy atom. The van der Waals surface area contributed by atoms with Gasteiger partial charge in [-0.05, 0) is 36.2 Å². The molecule has 1 aromatic carbocycles. The SMILES string of the molecule is CCCCCCCCN1Cc2ccc(C#N)cc2C1. The van der Waals surface area contributed by atoms with Crippen molar-refractivity contribution in [2.24, 2.45) is 0 Å². The number of fused-ring (bicyclic) bond motifs is 1. The van der Waals surface area contributed by atoms with Gasteiger partial charge in [0, 0.05) is 13.1 Å². The van der Waals surface area contributed by atoms with Crippen molar-refractivity contribution in [2.75, 3.05) is 6.54 Å². The lowest BCUT2D eigenvalue weighted by Crippen LogP contribution is -2.17. The second-order valence-electron chi connectivity index (χ2n) is 5.57. The molecule has 0 atom stereocenters. The summed E-state index contributed by atoms with van der Waals surface area (Å²) < 4.78 is 0. The van der Waals surface area contributed by atoms with E-state index in [0.717, 1.165) is 18.7 Å². The molecule has 0 amide bonds. The van der Waals surface area contributed by atoms with Crippen molar-refractivity contribution in [1.82, 2.24) is 4.90 Å². The van der Waals surface area contributed by atoms with E-state index in [1.807, 2.05) is 6.07 Å². The Morgan fingerprint density at radius 3 is 2.58 bits per heavy atom. The number of rotatable bonds is 7. The van der Waals surface area contributed by atoms with Crippen molar-refractivity contribution in [3.05, 3.63) is 34.9 Å². The highest BCUT2D eigenvalue weighted by molar-refractivity contribution is 5.39. The van der Waals surface area contributed by atoms with E-state index in [4.69, 9.17) is 5.26 Å². The fourth-order valence-corrected chi connectivity index (χ4v) is 2.81. The van der Waals surface area contributed by atoms with Crippen molar-refractivity contribution < 1.29 is 0 Å². The number of unbranched alkanes of at least 4 members (excludes halogenated alkanes) is 5. The number of nitrogens with zero attached hydrogens (tertiary/aromatic N) is 2. The highest BCUT2D eigenvalue weighted by Crippen LogP contribution is 2.24. The third-order valence-electron chi connectivity index (χ3n) is 3.95. The Kier molecular flexibility index (Phi) is 5.42. The van der Waals surface area contributed by atoms with Crippen molar-refractivity contribution in [3.63, 3.8) is 0 Å². The van der Waals surface area contributed by atoms with E-state index in [-0.39, 0.29) is 0 Å². The largest absolute Gasteiger partial charge is 0.295 e. The maximum absolute atomic E-state index is 8.92. The zero-order valence-corrected chi connectivity index (χ0v) is 12.0. The minimum Gasteiger partial charge on any atom is -0.295 e. The van der Waals surface area contributed by atoms with Crippen molar-refractivity contribution >= 4 is 0 Å². The van der Waals surface area contributed by atoms with Gasteiger partial charge in [-0.15, -0.1) is 0 Å². The summed E-state index contributed by atoms with van der Waals surface area (Å²) in [6.07, 6.45) is 8.14. The molecule has 1 aromatic rings. The molecule has 0 fully saturated rings. The number of hydrogen-bond acceptors (Lipinski definition) is 2. The average molecular weight is 256 g/mol. The molecular formula is C17H24N2. The smallest absolute Gasteiger partial charge is 0.0991 e. The van der Waals surface area contributed by atoms with Gasteiger partial charge >= 0.3 is 0 Å². The molecule has 1 aliphatic heterocycles. The monoisotopic (exact) mass is 256 g/mol. The molecule has 1 heterocycles. The van der Waals surface area contributed by atoms with E-state index in [9.17, 15) is 0 Å². The minimum absolute atomic E-state index is 0.792. The molecular weight excluding hydrogens is 232 g/mol. The minimum atomic E-state index is 0.792. The molecule has 2 heteroatoms. The van der Waals surface area contributed by atoms with Gasteiger partial charge in [-0.2, -0.15) is 5.26 Å². The van der Waals surface area contributed by atoms with E-state index in [1.165, 1.54) is 56.2 Å². The Morgan fingerprint density at radius 1 is 1.05 bits per heavy atom. The average Bonchev–Trinajstić information content (AvgIpc) is 2.84. The first kappa shape index (κ1) is 14.1. The molecule has 0 aliphatic carbocycles. The van der Waals surface area contributed by atoms with Gasteiger partial charge in [0.05, 0.1) is 11.6 Å². The Balaban J connectivity index is 1.70. The zero-order chi connectivity index (χ0) is 13.5. The van der Waals surface area contributed by atoms with Crippen LogP contribution in [-0.2, 0) is 13.1 Å². The summed E-state index contributed by atoms with van der Waals surface area (Å²) in [6.45, 7) is 5.55. The molecule has 0 N–H and O–H groups in total. The molecule has 102 valence electrons. The molecule has 0 radical (unpaired) electrons. The van der Waals surface area contributed by atoms with Gasteiger partial charge in [-0.1, -0.05) is 45.1 Å². The maximum atomic E-state index is 8.92. The number of benzene rings is 1. The second kappa shape index (κ2) is 7.31. The van der Waals surface area contributed by atoms with Crippen LogP contribution in [0.25, 0.3) is 0 Å². The van der Waals surface area contributed by atoms with Gasteiger partial charge in [0.2, 0.25) is 0 Å². The summed E-state index contributed by atoms with van der Waals surface area (Å²) in [5.74, 6) is 0. The van der Waals surface area contributed by atoms with E-state index in [0.29, 0.717) is 0 Å². The van der Waals surface area contributed by atoms with Crippen LogP contribution in [0, 0.1) is 11.3 Å². The predicted octanol–water partition coefficient (Wildman–Crippen LogP) is 4.23. The molecule has 0 spiro atoms. The Hall–Kier alpha value is -1.33. The quantitative estimate of drug-likeness (QED) is 0.682. The first-order chi connectivity index (χ1) is 9.33. The molecule has 0 saturated carbocycles. The van der Waals surface area contributed by atoms with Gasteiger partial charge in [0.15, 0.2) is 0 Å². The predicted molar refractivity (Wildman–Crippen MR) is 78.6 cm³/mol. The number of nitriles is 1. The molecule has 0 saturated heterocycles. The first-order valence-electron chi connectivity index (χ1n) is 7.57. The summed E-state index contributed by atoms with van der Waals surface area (Å²) in [4.78, 5) is 2.51. The van der Waals surface area contributed by atoms with Crippen LogP contribution >= 0.6 is 0 Å². The maximum Gasteiger partial charge on any atom is 0.0991 e. The summed E-state index contributed by atoms with van der Waals surface area (Å²) in [6, 6.07) is 8.33. The second-order valence-corrected chi connectivity index (χ2v) is 5.57. The van der Waals surface area contributed by atoms with Crippen LogP contribution in [0.2, 0.25) is 0 Å². The van der Waals surface area contributed by atoms with E-state index in [2.05, 4.69) is 30.0 Å². The standard InChI is InChI=1S/C17H24N2/c1-2-3-4-5-6-7-10-19-13-16-9-8-15(12-18)11-17(16)14-19/h8-9,11H,2-7,10,13-14H2,1H3. The summed E-state index contributed by atoms with van der Waals surface area (Å²) in [5, 5.41) is 8.92. The summed E-state index contributed by atoms with van der Waals surface area (Å²) >= 11 is 0. The fourth-order valence-electron chi connectivity index (χ4n) is 2.81. The third-order valence-corrected chi connectivity index (χ3v) is 3.95.